The standard InChI is InChI=1S/C13H12FN5/c1-2-10-12(16)17-7-18-13(10)19-11-4-3-9(14)5-8(11)6-15/h3-5,7H,2H2,1H3,(H3,16,17,18,19). The summed E-state index contributed by atoms with van der Waals surface area (Å²) in [5.74, 6) is 0.457. The summed E-state index contributed by atoms with van der Waals surface area (Å²) in [6.07, 6.45) is 1.99. The lowest BCUT2D eigenvalue weighted by Gasteiger charge is -2.12. The van der Waals surface area contributed by atoms with E-state index in [9.17, 15) is 4.39 Å². The van der Waals surface area contributed by atoms with Gasteiger partial charge in [0.05, 0.1) is 11.3 Å². The highest BCUT2D eigenvalue weighted by Gasteiger charge is 2.10. The third-order valence-electron chi connectivity index (χ3n) is 2.69. The summed E-state index contributed by atoms with van der Waals surface area (Å²) in [5, 5.41) is 12.0. The number of aromatic nitrogens is 2. The average Bonchev–Trinajstić information content (AvgIpc) is 2.41. The fourth-order valence-electron chi connectivity index (χ4n) is 1.73. The van der Waals surface area contributed by atoms with Gasteiger partial charge in [-0.1, -0.05) is 6.92 Å². The van der Waals surface area contributed by atoms with E-state index in [1.54, 1.807) is 0 Å². The first-order valence-electron chi connectivity index (χ1n) is 5.71. The van der Waals surface area contributed by atoms with Crippen LogP contribution in [0.15, 0.2) is 24.5 Å². The zero-order chi connectivity index (χ0) is 13.8. The fourth-order valence-corrected chi connectivity index (χ4v) is 1.73. The van der Waals surface area contributed by atoms with Crippen molar-refractivity contribution in [3.63, 3.8) is 0 Å². The summed E-state index contributed by atoms with van der Waals surface area (Å²) in [7, 11) is 0. The molecule has 0 atom stereocenters. The molecule has 0 saturated heterocycles. The van der Waals surface area contributed by atoms with E-state index >= 15 is 0 Å². The largest absolute Gasteiger partial charge is 0.383 e. The minimum absolute atomic E-state index is 0.208. The number of hydrogen-bond acceptors (Lipinski definition) is 5. The van der Waals surface area contributed by atoms with Crippen molar-refractivity contribution in [2.24, 2.45) is 0 Å². The molecule has 2 rings (SSSR count). The summed E-state index contributed by atoms with van der Waals surface area (Å²) in [5.41, 5.74) is 7.21. The molecule has 0 spiro atoms. The Morgan fingerprint density at radius 3 is 2.89 bits per heavy atom. The first kappa shape index (κ1) is 12.8. The van der Waals surface area contributed by atoms with Crippen LogP contribution in [0.25, 0.3) is 0 Å². The number of anilines is 3. The lowest BCUT2D eigenvalue weighted by Crippen LogP contribution is -2.05. The molecule has 96 valence electrons. The van der Waals surface area contributed by atoms with Crippen LogP contribution in [0.2, 0.25) is 0 Å². The molecule has 0 fully saturated rings. The van der Waals surface area contributed by atoms with Gasteiger partial charge in [-0.05, 0) is 24.6 Å². The van der Waals surface area contributed by atoms with Gasteiger partial charge in [0.25, 0.3) is 0 Å². The maximum absolute atomic E-state index is 13.1. The highest BCUT2D eigenvalue weighted by atomic mass is 19.1. The Kier molecular flexibility index (Phi) is 3.57. The van der Waals surface area contributed by atoms with Crippen molar-refractivity contribution in [1.29, 1.82) is 5.26 Å². The van der Waals surface area contributed by atoms with Crippen molar-refractivity contribution < 1.29 is 4.39 Å². The van der Waals surface area contributed by atoms with Crippen LogP contribution in [-0.4, -0.2) is 9.97 Å². The van der Waals surface area contributed by atoms with Crippen molar-refractivity contribution in [3.05, 3.63) is 41.5 Å². The summed E-state index contributed by atoms with van der Waals surface area (Å²) in [4.78, 5) is 8.01. The molecule has 6 heteroatoms. The van der Waals surface area contributed by atoms with E-state index < -0.39 is 5.82 Å². The van der Waals surface area contributed by atoms with Crippen LogP contribution in [-0.2, 0) is 6.42 Å². The molecular weight excluding hydrogens is 245 g/mol. The Bertz CT molecular complexity index is 648. The number of nitrogens with two attached hydrogens (primary N) is 1. The SMILES string of the molecule is CCc1c(N)ncnc1Nc1ccc(F)cc1C#N. The third kappa shape index (κ3) is 2.60. The maximum Gasteiger partial charge on any atom is 0.139 e. The lowest BCUT2D eigenvalue weighted by molar-refractivity contribution is 0.627. The van der Waals surface area contributed by atoms with Crippen LogP contribution in [0.4, 0.5) is 21.7 Å². The van der Waals surface area contributed by atoms with Crippen molar-refractivity contribution >= 4 is 17.3 Å². The molecule has 5 nitrogen and oxygen atoms in total. The summed E-state index contributed by atoms with van der Waals surface area (Å²) < 4.78 is 13.1. The van der Waals surface area contributed by atoms with E-state index in [1.807, 2.05) is 13.0 Å². The normalized spacial score (nSPS) is 9.95. The Balaban J connectivity index is 2.42. The first-order chi connectivity index (χ1) is 9.15. The summed E-state index contributed by atoms with van der Waals surface area (Å²) in [6.45, 7) is 1.93. The molecular formula is C13H12FN5. The fraction of sp³-hybridized carbons (Fsp3) is 0.154. The molecule has 1 aromatic carbocycles. The highest BCUT2D eigenvalue weighted by molar-refractivity contribution is 5.68. The number of nitriles is 1. The molecule has 0 saturated carbocycles. The van der Waals surface area contributed by atoms with Crippen LogP contribution < -0.4 is 11.1 Å². The van der Waals surface area contributed by atoms with Crippen LogP contribution in [0, 0.1) is 17.1 Å². The average molecular weight is 257 g/mol. The van der Waals surface area contributed by atoms with Gasteiger partial charge in [0, 0.05) is 5.56 Å². The van der Waals surface area contributed by atoms with E-state index in [-0.39, 0.29) is 5.56 Å². The van der Waals surface area contributed by atoms with Gasteiger partial charge in [0.15, 0.2) is 0 Å². The minimum Gasteiger partial charge on any atom is -0.383 e. The smallest absolute Gasteiger partial charge is 0.139 e. The number of nitrogen functional groups attached to an aromatic ring is 1. The molecule has 1 aromatic heterocycles. The van der Waals surface area contributed by atoms with Crippen molar-refractivity contribution in [3.8, 4) is 6.07 Å². The van der Waals surface area contributed by atoms with Gasteiger partial charge in [-0.2, -0.15) is 5.26 Å². The quantitative estimate of drug-likeness (QED) is 0.881. The molecule has 3 N–H and O–H groups in total. The van der Waals surface area contributed by atoms with Gasteiger partial charge in [0.1, 0.15) is 29.8 Å². The van der Waals surface area contributed by atoms with Crippen molar-refractivity contribution in [2.75, 3.05) is 11.1 Å². The molecule has 0 amide bonds. The van der Waals surface area contributed by atoms with Gasteiger partial charge >= 0.3 is 0 Å². The topological polar surface area (TPSA) is 87.6 Å². The maximum atomic E-state index is 13.1. The van der Waals surface area contributed by atoms with Gasteiger partial charge in [-0.15, -0.1) is 0 Å². The summed E-state index contributed by atoms with van der Waals surface area (Å²) >= 11 is 0. The van der Waals surface area contributed by atoms with E-state index in [0.29, 0.717) is 23.7 Å². The van der Waals surface area contributed by atoms with Crippen LogP contribution in [0.3, 0.4) is 0 Å². The second kappa shape index (κ2) is 5.31. The van der Waals surface area contributed by atoms with E-state index in [2.05, 4.69) is 15.3 Å². The van der Waals surface area contributed by atoms with E-state index in [4.69, 9.17) is 11.0 Å². The molecule has 0 aliphatic rings. The minimum atomic E-state index is -0.458. The number of nitrogens with zero attached hydrogens (tertiary/aromatic N) is 3. The van der Waals surface area contributed by atoms with E-state index in [1.165, 1.54) is 24.5 Å². The first-order valence-corrected chi connectivity index (χ1v) is 5.71. The molecule has 2 aromatic rings. The molecule has 0 unspecified atom stereocenters. The van der Waals surface area contributed by atoms with Gasteiger partial charge in [-0.25, -0.2) is 14.4 Å². The monoisotopic (exact) mass is 257 g/mol. The molecule has 0 aliphatic carbocycles. The number of benzene rings is 1. The predicted octanol–water partition coefficient (Wildman–Crippen LogP) is 2.38. The second-order valence-electron chi connectivity index (χ2n) is 3.87. The third-order valence-corrected chi connectivity index (χ3v) is 2.69. The molecule has 0 bridgehead atoms. The zero-order valence-electron chi connectivity index (χ0n) is 10.3. The van der Waals surface area contributed by atoms with Crippen molar-refractivity contribution in [1.82, 2.24) is 9.97 Å². The molecule has 19 heavy (non-hydrogen) atoms. The van der Waals surface area contributed by atoms with Crippen LogP contribution in [0.5, 0.6) is 0 Å². The van der Waals surface area contributed by atoms with Gasteiger partial charge in [-0.3, -0.25) is 0 Å². The second-order valence-corrected chi connectivity index (χ2v) is 3.87. The Hall–Kier alpha value is -2.68. The number of nitrogens with one attached hydrogen (secondary N) is 1. The predicted molar refractivity (Wildman–Crippen MR) is 70.2 cm³/mol. The van der Waals surface area contributed by atoms with Gasteiger partial charge in [0.2, 0.25) is 0 Å². The zero-order valence-corrected chi connectivity index (χ0v) is 10.3. The highest BCUT2D eigenvalue weighted by Crippen LogP contribution is 2.24. The Morgan fingerprint density at radius 1 is 1.42 bits per heavy atom. The van der Waals surface area contributed by atoms with Crippen LogP contribution >= 0.6 is 0 Å². The van der Waals surface area contributed by atoms with Crippen molar-refractivity contribution in [2.45, 2.75) is 13.3 Å². The van der Waals surface area contributed by atoms with Gasteiger partial charge < -0.3 is 11.1 Å². The number of hydrogen-bond donors (Lipinski definition) is 2. The number of rotatable bonds is 3. The van der Waals surface area contributed by atoms with Crippen LogP contribution in [0.1, 0.15) is 18.1 Å². The Morgan fingerprint density at radius 2 is 2.21 bits per heavy atom. The number of halogens is 1. The molecule has 0 aliphatic heterocycles. The lowest BCUT2D eigenvalue weighted by atomic mass is 10.1. The van der Waals surface area contributed by atoms with E-state index in [0.717, 1.165) is 5.56 Å². The molecule has 1 heterocycles. The summed E-state index contributed by atoms with van der Waals surface area (Å²) in [6, 6.07) is 5.87. The Labute approximate surface area is 109 Å². The molecule has 0 radical (unpaired) electrons.